The van der Waals surface area contributed by atoms with Crippen LogP contribution in [0.3, 0.4) is 0 Å². The van der Waals surface area contributed by atoms with Gasteiger partial charge in [-0.2, -0.15) is 0 Å². The molecule has 100 valence electrons. The van der Waals surface area contributed by atoms with Crippen LogP contribution in [-0.4, -0.2) is 5.11 Å². The summed E-state index contributed by atoms with van der Waals surface area (Å²) in [5.41, 5.74) is 3.54. The Morgan fingerprint density at radius 2 is 1.67 bits per heavy atom. The molecule has 1 unspecified atom stereocenters. The summed E-state index contributed by atoms with van der Waals surface area (Å²) in [5.74, 6) is 0.451. The van der Waals surface area contributed by atoms with E-state index in [1.807, 2.05) is 0 Å². The van der Waals surface area contributed by atoms with Crippen molar-refractivity contribution in [3.8, 4) is 0 Å². The Labute approximate surface area is 119 Å². The van der Waals surface area contributed by atoms with Crippen LogP contribution >= 0.6 is 15.9 Å². The first-order chi connectivity index (χ1) is 8.59. The number of hydrogen-bond acceptors (Lipinski definition) is 1. The third-order valence-corrected chi connectivity index (χ3v) is 5.07. The summed E-state index contributed by atoms with van der Waals surface area (Å²) < 4.78 is 1.14. The first kappa shape index (κ1) is 14.1. The molecule has 1 aromatic rings. The summed E-state index contributed by atoms with van der Waals surface area (Å²) in [6, 6.07) is 4.28. The molecule has 0 heterocycles. The smallest absolute Gasteiger partial charge is 0.0820 e. The third kappa shape index (κ3) is 3.16. The van der Waals surface area contributed by atoms with Crippen molar-refractivity contribution in [3.63, 3.8) is 0 Å². The van der Waals surface area contributed by atoms with Crippen LogP contribution in [0.15, 0.2) is 16.6 Å². The van der Waals surface area contributed by atoms with E-state index >= 15 is 0 Å². The van der Waals surface area contributed by atoms with E-state index in [4.69, 9.17) is 0 Å². The van der Waals surface area contributed by atoms with Crippen LogP contribution < -0.4 is 0 Å². The topological polar surface area (TPSA) is 20.2 Å². The van der Waals surface area contributed by atoms with Crippen LogP contribution in [-0.2, 0) is 0 Å². The fourth-order valence-electron chi connectivity index (χ4n) is 3.00. The maximum atomic E-state index is 10.7. The Kier molecular flexibility index (Phi) is 4.85. The predicted octanol–water partition coefficient (Wildman–Crippen LogP) is 5.07. The standard InChI is InChI=1S/C16H23BrO/c1-11-10-15(17)12(2)9-14(11)16(18)13-7-5-3-4-6-8-13/h9-10,13,16,18H,3-8H2,1-2H3. The second kappa shape index (κ2) is 6.21. The SMILES string of the molecule is Cc1cc(C(O)C2CCCCCC2)c(C)cc1Br. The number of rotatable bonds is 2. The molecule has 1 aromatic carbocycles. The highest BCUT2D eigenvalue weighted by Gasteiger charge is 2.23. The van der Waals surface area contributed by atoms with Crippen molar-refractivity contribution in [2.45, 2.75) is 58.5 Å². The van der Waals surface area contributed by atoms with Gasteiger partial charge in [-0.3, -0.25) is 0 Å². The molecule has 0 aliphatic heterocycles. The van der Waals surface area contributed by atoms with E-state index in [2.05, 4.69) is 41.9 Å². The second-order valence-corrected chi connectivity index (χ2v) is 6.51. The summed E-state index contributed by atoms with van der Waals surface area (Å²) in [5, 5.41) is 10.7. The van der Waals surface area contributed by atoms with Crippen molar-refractivity contribution in [1.82, 2.24) is 0 Å². The van der Waals surface area contributed by atoms with E-state index in [9.17, 15) is 5.11 Å². The number of benzene rings is 1. The van der Waals surface area contributed by atoms with Crippen molar-refractivity contribution in [2.24, 2.45) is 5.92 Å². The van der Waals surface area contributed by atoms with Gasteiger partial charge in [0.05, 0.1) is 6.10 Å². The van der Waals surface area contributed by atoms with Crippen molar-refractivity contribution < 1.29 is 5.11 Å². The van der Waals surface area contributed by atoms with E-state index in [0.717, 1.165) is 10.0 Å². The van der Waals surface area contributed by atoms with Gasteiger partial charge in [-0.1, -0.05) is 47.7 Å². The zero-order valence-electron chi connectivity index (χ0n) is 11.4. The van der Waals surface area contributed by atoms with Gasteiger partial charge in [0, 0.05) is 4.47 Å². The Morgan fingerprint density at radius 1 is 1.06 bits per heavy atom. The largest absolute Gasteiger partial charge is 0.388 e. The van der Waals surface area contributed by atoms with E-state index in [-0.39, 0.29) is 6.10 Å². The van der Waals surface area contributed by atoms with Gasteiger partial charge < -0.3 is 5.11 Å². The fraction of sp³-hybridized carbons (Fsp3) is 0.625. The van der Waals surface area contributed by atoms with Crippen molar-refractivity contribution in [2.75, 3.05) is 0 Å². The maximum Gasteiger partial charge on any atom is 0.0820 e. The quantitative estimate of drug-likeness (QED) is 0.756. The summed E-state index contributed by atoms with van der Waals surface area (Å²) in [6.07, 6.45) is 7.29. The molecule has 1 aliphatic rings. The lowest BCUT2D eigenvalue weighted by Gasteiger charge is -2.24. The van der Waals surface area contributed by atoms with Gasteiger partial charge in [0.2, 0.25) is 0 Å². The van der Waals surface area contributed by atoms with Gasteiger partial charge in [0.1, 0.15) is 0 Å². The van der Waals surface area contributed by atoms with Crippen LogP contribution in [0.4, 0.5) is 0 Å². The number of halogens is 1. The van der Waals surface area contributed by atoms with Crippen LogP contribution in [0.5, 0.6) is 0 Å². The average Bonchev–Trinajstić information content (AvgIpc) is 2.61. The lowest BCUT2D eigenvalue weighted by atomic mass is 9.87. The summed E-state index contributed by atoms with van der Waals surface area (Å²) in [7, 11) is 0. The van der Waals surface area contributed by atoms with Crippen molar-refractivity contribution >= 4 is 15.9 Å². The van der Waals surface area contributed by atoms with Gasteiger partial charge in [-0.15, -0.1) is 0 Å². The molecular weight excluding hydrogens is 288 g/mol. The lowest BCUT2D eigenvalue weighted by Crippen LogP contribution is -2.13. The Hall–Kier alpha value is -0.340. The average molecular weight is 311 g/mol. The predicted molar refractivity (Wildman–Crippen MR) is 79.8 cm³/mol. The fourth-order valence-corrected chi connectivity index (χ4v) is 3.46. The second-order valence-electron chi connectivity index (χ2n) is 5.65. The van der Waals surface area contributed by atoms with Crippen LogP contribution in [0.1, 0.15) is 61.3 Å². The van der Waals surface area contributed by atoms with Gasteiger partial charge in [-0.05, 0) is 55.4 Å². The number of aryl methyl sites for hydroxylation is 2. The van der Waals surface area contributed by atoms with E-state index in [0.29, 0.717) is 5.92 Å². The number of aliphatic hydroxyl groups is 1. The normalized spacial score (nSPS) is 19.6. The maximum absolute atomic E-state index is 10.7. The Bertz CT molecular complexity index is 406. The molecule has 1 aliphatic carbocycles. The number of hydrogen-bond donors (Lipinski definition) is 1. The van der Waals surface area contributed by atoms with E-state index in [1.54, 1.807) is 0 Å². The Morgan fingerprint density at radius 3 is 2.28 bits per heavy atom. The molecule has 0 amide bonds. The van der Waals surface area contributed by atoms with E-state index in [1.165, 1.54) is 49.7 Å². The van der Waals surface area contributed by atoms with Crippen LogP contribution in [0, 0.1) is 19.8 Å². The third-order valence-electron chi connectivity index (χ3n) is 4.21. The molecule has 0 spiro atoms. The van der Waals surface area contributed by atoms with Crippen LogP contribution in [0.2, 0.25) is 0 Å². The van der Waals surface area contributed by atoms with Crippen molar-refractivity contribution in [1.29, 1.82) is 0 Å². The summed E-state index contributed by atoms with van der Waals surface area (Å²) in [4.78, 5) is 0. The molecule has 1 fully saturated rings. The molecular formula is C16H23BrO. The molecule has 0 saturated heterocycles. The molecule has 0 bridgehead atoms. The molecule has 1 atom stereocenters. The van der Waals surface area contributed by atoms with Gasteiger partial charge >= 0.3 is 0 Å². The highest BCUT2D eigenvalue weighted by molar-refractivity contribution is 9.10. The molecule has 1 nitrogen and oxygen atoms in total. The first-order valence-corrected chi connectivity index (χ1v) is 7.83. The summed E-state index contributed by atoms with van der Waals surface area (Å²) >= 11 is 3.56. The minimum absolute atomic E-state index is 0.283. The molecule has 1 saturated carbocycles. The van der Waals surface area contributed by atoms with Crippen molar-refractivity contribution in [3.05, 3.63) is 33.3 Å². The van der Waals surface area contributed by atoms with Gasteiger partial charge in [0.15, 0.2) is 0 Å². The molecule has 2 rings (SSSR count). The molecule has 18 heavy (non-hydrogen) atoms. The Balaban J connectivity index is 2.21. The van der Waals surface area contributed by atoms with Gasteiger partial charge in [0.25, 0.3) is 0 Å². The minimum atomic E-state index is -0.283. The zero-order chi connectivity index (χ0) is 13.1. The number of aliphatic hydroxyl groups excluding tert-OH is 1. The van der Waals surface area contributed by atoms with Gasteiger partial charge in [-0.25, -0.2) is 0 Å². The van der Waals surface area contributed by atoms with Crippen LogP contribution in [0.25, 0.3) is 0 Å². The molecule has 0 radical (unpaired) electrons. The zero-order valence-corrected chi connectivity index (χ0v) is 13.0. The molecule has 1 N–H and O–H groups in total. The lowest BCUT2D eigenvalue weighted by molar-refractivity contribution is 0.0981. The molecule has 0 aromatic heterocycles. The monoisotopic (exact) mass is 310 g/mol. The first-order valence-electron chi connectivity index (χ1n) is 7.04. The highest BCUT2D eigenvalue weighted by Crippen LogP contribution is 2.36. The highest BCUT2D eigenvalue weighted by atomic mass is 79.9. The summed E-state index contributed by atoms with van der Waals surface area (Å²) in [6.45, 7) is 4.19. The van der Waals surface area contributed by atoms with E-state index < -0.39 is 0 Å². The molecule has 2 heteroatoms. The minimum Gasteiger partial charge on any atom is -0.388 e.